The van der Waals surface area contributed by atoms with E-state index in [1.54, 1.807) is 6.07 Å². The normalized spacial score (nSPS) is 10.2. The Balaban J connectivity index is 1.72. The number of rotatable bonds is 7. The molecule has 0 bridgehead atoms. The molecule has 0 unspecified atom stereocenters. The van der Waals surface area contributed by atoms with Gasteiger partial charge in [0.05, 0.1) is 35.5 Å². The van der Waals surface area contributed by atoms with E-state index < -0.39 is 17.8 Å². The molecule has 0 fully saturated rings. The van der Waals surface area contributed by atoms with Gasteiger partial charge in [0.2, 0.25) is 0 Å². The molecule has 3 aromatic carbocycles. The zero-order valence-corrected chi connectivity index (χ0v) is 19.0. The molecule has 1 N–H and O–H groups in total. The third kappa shape index (κ3) is 5.53. The Labute approximate surface area is 193 Å². The summed E-state index contributed by atoms with van der Waals surface area (Å²) in [6.07, 6.45) is 0. The molecule has 0 aromatic heterocycles. The first kappa shape index (κ1) is 23.0. The molecule has 1 amide bonds. The molecule has 0 saturated carbocycles. The highest BCUT2D eigenvalue weighted by atomic mass is 79.9. The second-order valence-electron chi connectivity index (χ2n) is 6.59. The summed E-state index contributed by atoms with van der Waals surface area (Å²) in [6, 6.07) is 19.5. The summed E-state index contributed by atoms with van der Waals surface area (Å²) in [4.78, 5) is 36.3. The van der Waals surface area contributed by atoms with Crippen LogP contribution < -0.4 is 10.1 Å². The third-order valence-corrected chi connectivity index (χ3v) is 5.14. The second-order valence-corrected chi connectivity index (χ2v) is 7.45. The molecule has 32 heavy (non-hydrogen) atoms. The van der Waals surface area contributed by atoms with E-state index in [1.165, 1.54) is 32.4 Å². The van der Waals surface area contributed by atoms with Crippen LogP contribution in [0.1, 0.15) is 20.7 Å². The quantitative estimate of drug-likeness (QED) is 0.475. The van der Waals surface area contributed by atoms with Gasteiger partial charge in [-0.05, 0) is 57.4 Å². The van der Waals surface area contributed by atoms with E-state index >= 15 is 0 Å². The van der Waals surface area contributed by atoms with Crippen molar-refractivity contribution in [1.29, 1.82) is 0 Å². The van der Waals surface area contributed by atoms with Crippen LogP contribution in [-0.4, -0.2) is 38.7 Å². The Morgan fingerprint density at radius 3 is 2.22 bits per heavy atom. The van der Waals surface area contributed by atoms with Crippen LogP contribution in [-0.2, 0) is 14.3 Å². The van der Waals surface area contributed by atoms with Crippen LogP contribution in [0.15, 0.2) is 71.2 Å². The SMILES string of the molecule is COC(=O)c1ccc(C(=O)OC)c(NC(=O)COc2ccc(-c3ccccc3)cc2Br)c1. The maximum atomic E-state index is 12.5. The monoisotopic (exact) mass is 497 g/mol. The van der Waals surface area contributed by atoms with Crippen LogP contribution >= 0.6 is 15.9 Å². The number of nitrogens with one attached hydrogen (secondary N) is 1. The number of methoxy groups -OCH3 is 2. The lowest BCUT2D eigenvalue weighted by Crippen LogP contribution is -2.22. The molecule has 0 aliphatic heterocycles. The van der Waals surface area contributed by atoms with E-state index in [1.807, 2.05) is 42.5 Å². The molecule has 0 atom stereocenters. The van der Waals surface area contributed by atoms with Gasteiger partial charge >= 0.3 is 11.9 Å². The first-order valence-electron chi connectivity index (χ1n) is 9.51. The fraction of sp³-hybridized carbons (Fsp3) is 0.125. The van der Waals surface area contributed by atoms with Crippen LogP contribution in [0, 0.1) is 0 Å². The van der Waals surface area contributed by atoms with Gasteiger partial charge < -0.3 is 19.5 Å². The summed E-state index contributed by atoms with van der Waals surface area (Å²) >= 11 is 3.47. The van der Waals surface area contributed by atoms with Crippen LogP contribution in [0.4, 0.5) is 5.69 Å². The van der Waals surface area contributed by atoms with Crippen molar-refractivity contribution >= 4 is 39.5 Å². The highest BCUT2D eigenvalue weighted by Crippen LogP contribution is 2.30. The predicted octanol–water partition coefficient (Wildman–Crippen LogP) is 4.71. The van der Waals surface area contributed by atoms with Gasteiger partial charge in [0.25, 0.3) is 5.91 Å². The van der Waals surface area contributed by atoms with Crippen molar-refractivity contribution < 1.29 is 28.6 Å². The molecule has 0 aliphatic carbocycles. The zero-order chi connectivity index (χ0) is 23.1. The number of carbonyl (C=O) groups excluding carboxylic acids is 3. The molecule has 0 radical (unpaired) electrons. The predicted molar refractivity (Wildman–Crippen MR) is 123 cm³/mol. The number of ether oxygens (including phenoxy) is 3. The molecular formula is C24H20BrNO6. The lowest BCUT2D eigenvalue weighted by molar-refractivity contribution is -0.118. The van der Waals surface area contributed by atoms with Gasteiger partial charge in [-0.3, -0.25) is 4.79 Å². The summed E-state index contributed by atoms with van der Waals surface area (Å²) in [5.74, 6) is -1.29. The van der Waals surface area contributed by atoms with Crippen LogP contribution in [0.5, 0.6) is 5.75 Å². The van der Waals surface area contributed by atoms with Crippen molar-refractivity contribution in [3.8, 4) is 16.9 Å². The number of halogens is 1. The van der Waals surface area contributed by atoms with Gasteiger partial charge in [0.1, 0.15) is 5.75 Å². The number of anilines is 1. The lowest BCUT2D eigenvalue weighted by Gasteiger charge is -2.13. The smallest absolute Gasteiger partial charge is 0.339 e. The van der Waals surface area contributed by atoms with Crippen molar-refractivity contribution in [2.24, 2.45) is 0 Å². The Morgan fingerprint density at radius 2 is 1.56 bits per heavy atom. The fourth-order valence-electron chi connectivity index (χ4n) is 2.94. The van der Waals surface area contributed by atoms with Gasteiger partial charge in [-0.1, -0.05) is 36.4 Å². The van der Waals surface area contributed by atoms with E-state index in [-0.39, 0.29) is 23.4 Å². The maximum absolute atomic E-state index is 12.5. The number of hydrogen-bond acceptors (Lipinski definition) is 6. The van der Waals surface area contributed by atoms with Gasteiger partial charge in [0, 0.05) is 0 Å². The molecule has 0 heterocycles. The fourth-order valence-corrected chi connectivity index (χ4v) is 3.43. The van der Waals surface area contributed by atoms with E-state index in [0.29, 0.717) is 10.2 Å². The van der Waals surface area contributed by atoms with Gasteiger partial charge in [-0.25, -0.2) is 9.59 Å². The molecule has 3 aromatic rings. The molecule has 8 heteroatoms. The minimum atomic E-state index is -0.656. The number of hydrogen-bond donors (Lipinski definition) is 1. The Morgan fingerprint density at radius 1 is 0.844 bits per heavy atom. The zero-order valence-electron chi connectivity index (χ0n) is 17.4. The molecule has 0 spiro atoms. The number of carbonyl (C=O) groups is 3. The summed E-state index contributed by atoms with van der Waals surface area (Å²) in [7, 11) is 2.46. The average molecular weight is 498 g/mol. The summed E-state index contributed by atoms with van der Waals surface area (Å²) in [6.45, 7) is -0.313. The minimum absolute atomic E-state index is 0.0990. The van der Waals surface area contributed by atoms with Gasteiger partial charge in [0.15, 0.2) is 6.61 Å². The van der Waals surface area contributed by atoms with Crippen molar-refractivity contribution in [1.82, 2.24) is 0 Å². The topological polar surface area (TPSA) is 90.9 Å². The van der Waals surface area contributed by atoms with E-state index in [2.05, 4.69) is 26.0 Å². The highest BCUT2D eigenvalue weighted by molar-refractivity contribution is 9.10. The molecule has 7 nitrogen and oxygen atoms in total. The summed E-state index contributed by atoms with van der Waals surface area (Å²) < 4.78 is 15.7. The van der Waals surface area contributed by atoms with Crippen molar-refractivity contribution in [2.45, 2.75) is 0 Å². The highest BCUT2D eigenvalue weighted by Gasteiger charge is 2.18. The van der Waals surface area contributed by atoms with Crippen molar-refractivity contribution in [2.75, 3.05) is 26.1 Å². The van der Waals surface area contributed by atoms with Gasteiger partial charge in [-0.2, -0.15) is 0 Å². The first-order valence-corrected chi connectivity index (χ1v) is 10.3. The third-order valence-electron chi connectivity index (χ3n) is 4.52. The molecule has 0 saturated heterocycles. The van der Waals surface area contributed by atoms with Crippen LogP contribution in [0.25, 0.3) is 11.1 Å². The number of esters is 2. The van der Waals surface area contributed by atoms with Crippen LogP contribution in [0.3, 0.4) is 0 Å². The van der Waals surface area contributed by atoms with E-state index in [9.17, 15) is 14.4 Å². The summed E-state index contributed by atoms with van der Waals surface area (Å²) in [5, 5.41) is 2.58. The van der Waals surface area contributed by atoms with Crippen molar-refractivity contribution in [3.63, 3.8) is 0 Å². The Hall–Kier alpha value is -3.65. The largest absolute Gasteiger partial charge is 0.483 e. The van der Waals surface area contributed by atoms with E-state index in [4.69, 9.17) is 9.47 Å². The molecule has 3 rings (SSSR count). The molecule has 0 aliphatic rings. The molecular weight excluding hydrogens is 478 g/mol. The first-order chi connectivity index (χ1) is 15.4. The number of amides is 1. The Bertz CT molecular complexity index is 1150. The Kier molecular flexibility index (Phi) is 7.62. The molecule has 164 valence electrons. The maximum Gasteiger partial charge on any atom is 0.339 e. The second kappa shape index (κ2) is 10.6. The number of benzene rings is 3. The van der Waals surface area contributed by atoms with Crippen LogP contribution in [0.2, 0.25) is 0 Å². The standard InChI is InChI=1S/C24H20BrNO6/c1-30-23(28)17-8-10-18(24(29)31-2)20(13-17)26-22(27)14-32-21-11-9-16(12-19(21)25)15-6-4-3-5-7-15/h3-13H,14H2,1-2H3,(H,26,27). The van der Waals surface area contributed by atoms with Crippen molar-refractivity contribution in [3.05, 3.63) is 82.3 Å². The van der Waals surface area contributed by atoms with E-state index in [0.717, 1.165) is 11.1 Å². The minimum Gasteiger partial charge on any atom is -0.483 e. The average Bonchev–Trinajstić information content (AvgIpc) is 2.82. The lowest BCUT2D eigenvalue weighted by atomic mass is 10.1. The van der Waals surface area contributed by atoms with Gasteiger partial charge in [-0.15, -0.1) is 0 Å². The summed E-state index contributed by atoms with van der Waals surface area (Å²) in [5.41, 5.74) is 2.44.